The van der Waals surface area contributed by atoms with Crippen molar-refractivity contribution in [3.8, 4) is 0 Å². The van der Waals surface area contributed by atoms with Gasteiger partial charge in [0.15, 0.2) is 33.3 Å². The van der Waals surface area contributed by atoms with Crippen LogP contribution >= 0.6 is 12.4 Å². The second-order valence-electron chi connectivity index (χ2n) is 31.9. The quantitative estimate of drug-likeness (QED) is 0.0225. The van der Waals surface area contributed by atoms with Gasteiger partial charge in [0.2, 0.25) is 11.9 Å². The Morgan fingerprint density at radius 3 is 1.35 bits per heavy atom. The first-order valence-corrected chi connectivity index (χ1v) is 45.3. The Bertz CT molecular complexity index is 3520. The van der Waals surface area contributed by atoms with Crippen LogP contribution in [0.15, 0.2) is 115 Å². The van der Waals surface area contributed by atoms with E-state index in [4.69, 9.17) is 29.0 Å². The van der Waals surface area contributed by atoms with E-state index in [1.54, 1.807) is 31.0 Å². The third-order valence-electron chi connectivity index (χ3n) is 21.1. The average Bonchev–Trinajstić information content (AvgIpc) is 1.58. The van der Waals surface area contributed by atoms with Crippen LogP contribution in [0.5, 0.6) is 0 Å². The van der Waals surface area contributed by atoms with Gasteiger partial charge in [0.1, 0.15) is 0 Å². The first-order valence-electron chi connectivity index (χ1n) is 33.7. The summed E-state index contributed by atoms with van der Waals surface area (Å²) < 4.78 is 27.1. The van der Waals surface area contributed by atoms with Gasteiger partial charge in [-0.15, -0.1) is 12.4 Å². The molecule has 95 heavy (non-hydrogen) atoms. The zero-order valence-corrected chi connectivity index (χ0v) is 65.2. The molecule has 23 heteroatoms. The maximum Gasteiger partial charge on any atom is 0.239 e. The normalized spacial score (nSPS) is 22.4. The van der Waals surface area contributed by atoms with Crippen molar-refractivity contribution in [3.05, 3.63) is 188 Å². The Hall–Kier alpha value is -5.15. The molecule has 6 aromatic heterocycles. The number of hydrogen-bond donors (Lipinski definition) is 5. The summed E-state index contributed by atoms with van der Waals surface area (Å²) >= 11 is 0. The fourth-order valence-electron chi connectivity index (χ4n) is 11.4. The van der Waals surface area contributed by atoms with Crippen molar-refractivity contribution in [2.75, 3.05) is 0 Å². The Balaban J connectivity index is 0.000000182. The van der Waals surface area contributed by atoms with E-state index in [-0.39, 0.29) is 75.2 Å². The number of aliphatic hydroxyl groups excluding tert-OH is 3. The molecule has 0 saturated heterocycles. The summed E-state index contributed by atoms with van der Waals surface area (Å²) in [6, 6.07) is 23.3. The summed E-state index contributed by atoms with van der Waals surface area (Å²) in [7, 11) is -7.07. The summed E-state index contributed by atoms with van der Waals surface area (Å²) in [5.41, 5.74) is 26.7. The molecular weight excluding hydrogens is 1280 g/mol. The summed E-state index contributed by atoms with van der Waals surface area (Å²) in [5, 5.41) is 43.3. The standard InChI is InChI=1S/C14H22N4OSi.C14H24NO2Si.C14H23NO2Si.C14H23NOSi.C8H10N2O.C8H9NO.ClH/c1-14(2,3)20(4,5)19-12-9-11(17-18-15)13-10(12)7-6-8-16-13;1-14(2,3)18(4,5)17-13-9-8-12-11(13)7-6-10-15(12)16;1-14(2,3)18(4,5)17-12-9-11(16)13-10(12)7-6-8-15-13;1-14(2,3)17(4,5)16-13-9-8-12-11(13)7-6-10-15-12;9-6-4-7(11)5-2-1-3-10-8(5)6;10-8-4-3-7-6(8)2-1-5-9-7;/h6-8,11-12H,9H2,1-5H3;6-7,10,13,16H,8-9H2,1-5H3;6-8,11-12,16H,9H2,1-5H3;6-7,10,13H,8-9H2,1-5H3;1-3,6-7,11H,4,9H2;1-2,5,8,10H,3-4H2;1H/q;+1;;;;;. The van der Waals surface area contributed by atoms with Crippen LogP contribution in [0.4, 0.5) is 0 Å². The number of hydrogen-bond acceptors (Lipinski definition) is 15. The number of nitrogens with two attached hydrogens (primary N) is 1. The van der Waals surface area contributed by atoms with Crippen molar-refractivity contribution >= 4 is 45.7 Å². The van der Waals surface area contributed by atoms with Crippen LogP contribution in [-0.2, 0) is 37.0 Å². The Kier molecular flexibility index (Phi) is 26.4. The lowest BCUT2D eigenvalue weighted by Gasteiger charge is -2.38. The molecule has 0 amide bonds. The summed E-state index contributed by atoms with van der Waals surface area (Å²) in [6.45, 7) is 45.2. The molecule has 9 atom stereocenters. The lowest BCUT2D eigenvalue weighted by molar-refractivity contribution is -0.909. The van der Waals surface area contributed by atoms with E-state index in [2.05, 4.69) is 183 Å². The van der Waals surface area contributed by atoms with Crippen LogP contribution in [0.2, 0.25) is 72.5 Å². The molecule has 18 nitrogen and oxygen atoms in total. The third kappa shape index (κ3) is 19.4. The number of halogens is 1. The van der Waals surface area contributed by atoms with Crippen molar-refractivity contribution in [1.82, 2.24) is 24.9 Å². The topological polar surface area (TPSA) is 261 Å². The van der Waals surface area contributed by atoms with E-state index in [9.17, 15) is 20.5 Å². The number of aryl methyl sites for hydroxylation is 2. The van der Waals surface area contributed by atoms with E-state index in [0.29, 0.717) is 19.3 Å². The molecule has 0 saturated carbocycles. The van der Waals surface area contributed by atoms with Gasteiger partial charge in [0, 0.05) is 98.7 Å². The predicted molar refractivity (Wildman–Crippen MR) is 389 cm³/mol. The maximum atomic E-state index is 10.0. The fourth-order valence-corrected chi connectivity index (χ4v) is 16.6. The number of rotatable bonds is 9. The van der Waals surface area contributed by atoms with Crippen LogP contribution in [0.25, 0.3) is 10.4 Å². The average molecular weight is 1390 g/mol. The fraction of sp³-hybridized carbons (Fsp3) is 0.583. The molecular formula is C72H112ClN10O8Si4+. The molecule has 0 aromatic carbocycles. The van der Waals surface area contributed by atoms with Crippen molar-refractivity contribution < 1.29 is 43.0 Å². The molecule has 0 spiro atoms. The minimum Gasteiger partial charge on any atom is -0.410 e. The highest BCUT2D eigenvalue weighted by molar-refractivity contribution is 6.75. The second kappa shape index (κ2) is 31.8. The predicted octanol–water partition coefficient (Wildman–Crippen LogP) is 17.8. The second-order valence-corrected chi connectivity index (χ2v) is 51.0. The molecule has 6 aromatic rings. The van der Waals surface area contributed by atoms with Crippen LogP contribution < -0.4 is 10.5 Å². The molecule has 6 aliphatic carbocycles. The maximum absolute atomic E-state index is 10.0. The molecule has 6 heterocycles. The van der Waals surface area contributed by atoms with Gasteiger partial charge in [0.05, 0.1) is 77.5 Å². The van der Waals surface area contributed by atoms with Gasteiger partial charge in [-0.05, 0) is 159 Å². The number of aromatic nitrogens is 6. The third-order valence-corrected chi connectivity index (χ3v) is 39.1. The van der Waals surface area contributed by atoms with Crippen molar-refractivity contribution in [2.45, 2.75) is 268 Å². The number of nitrogens with zero attached hydrogens (tertiary/aromatic N) is 9. The molecule has 0 bridgehead atoms. The largest absolute Gasteiger partial charge is 0.410 e. The lowest BCUT2D eigenvalue weighted by Crippen LogP contribution is -2.41. The van der Waals surface area contributed by atoms with Gasteiger partial charge in [-0.1, -0.05) is 119 Å². The van der Waals surface area contributed by atoms with Gasteiger partial charge in [-0.2, -0.15) is 0 Å². The molecule has 0 radical (unpaired) electrons. The molecule has 12 rings (SSSR count). The highest BCUT2D eigenvalue weighted by atomic mass is 35.5. The van der Waals surface area contributed by atoms with Crippen molar-refractivity contribution in [1.29, 1.82) is 0 Å². The Labute approximate surface area is 577 Å². The molecule has 6 N–H and O–H groups in total. The molecule has 9 unspecified atom stereocenters. The van der Waals surface area contributed by atoms with Gasteiger partial charge < -0.3 is 38.8 Å². The minimum atomic E-state index is -1.85. The van der Waals surface area contributed by atoms with Gasteiger partial charge in [0.25, 0.3) is 0 Å². The highest BCUT2D eigenvalue weighted by Crippen LogP contribution is 2.50. The zero-order chi connectivity index (χ0) is 69.6. The first kappa shape index (κ1) is 78.8. The number of azide groups is 1. The van der Waals surface area contributed by atoms with E-state index < -0.39 is 45.5 Å². The number of fused-ring (bicyclic) bond motifs is 6. The van der Waals surface area contributed by atoms with Crippen LogP contribution in [0, 0.1) is 0 Å². The number of aliphatic hydroxyl groups is 3. The van der Waals surface area contributed by atoms with Crippen LogP contribution in [0.3, 0.4) is 0 Å². The first-order chi connectivity index (χ1) is 43.7. The summed E-state index contributed by atoms with van der Waals surface area (Å²) in [4.78, 5) is 24.3. The van der Waals surface area contributed by atoms with Gasteiger partial charge in [-0.25, -0.2) is 0 Å². The molecule has 0 fully saturated rings. The Morgan fingerprint density at radius 1 is 0.463 bits per heavy atom. The van der Waals surface area contributed by atoms with E-state index in [0.717, 1.165) is 94.8 Å². The number of pyridine rings is 6. The van der Waals surface area contributed by atoms with E-state index in [1.807, 2.05) is 66.9 Å². The Morgan fingerprint density at radius 2 is 0.853 bits per heavy atom. The molecule has 520 valence electrons. The monoisotopic (exact) mass is 1390 g/mol. The van der Waals surface area contributed by atoms with E-state index in [1.165, 1.54) is 16.0 Å². The zero-order valence-electron chi connectivity index (χ0n) is 60.4. The highest BCUT2D eigenvalue weighted by Gasteiger charge is 2.46. The van der Waals surface area contributed by atoms with Gasteiger partial charge >= 0.3 is 0 Å². The van der Waals surface area contributed by atoms with Crippen LogP contribution in [0.1, 0.15) is 244 Å². The molecule has 6 aliphatic rings. The summed E-state index contributed by atoms with van der Waals surface area (Å²) in [5.74, 6) is 0. The smallest absolute Gasteiger partial charge is 0.239 e. The van der Waals surface area contributed by atoms with Crippen LogP contribution in [-0.4, -0.2) is 78.7 Å². The van der Waals surface area contributed by atoms with E-state index >= 15 is 0 Å². The minimum absolute atomic E-state index is 0. The van der Waals surface area contributed by atoms with Crippen molar-refractivity contribution in [2.24, 2.45) is 10.8 Å². The lowest BCUT2D eigenvalue weighted by atomic mass is 10.2. The summed E-state index contributed by atoms with van der Waals surface area (Å²) in [6.07, 6.45) is 17.6. The molecule has 0 aliphatic heterocycles. The van der Waals surface area contributed by atoms with Crippen molar-refractivity contribution in [3.63, 3.8) is 0 Å². The SMILES string of the molecule is CC(C)(C)[Si](C)(C)OC1CC(N=[N+]=[N-])c2ncccc21.CC(C)(C)[Si](C)(C)OC1CC(O)c2ncccc21.CC(C)(C)[Si](C)(C)OC1CCc2c1ccc[n+]2O.CC(C)(C)[Si](C)(C)OC1CCc2ncccc21.Cl.NC1CC(O)c2cccnc21.OC1CCc2ncccc21. The van der Waals surface area contributed by atoms with Gasteiger partial charge in [-0.3, -0.25) is 30.1 Å².